The summed E-state index contributed by atoms with van der Waals surface area (Å²) in [6.45, 7) is 0. The maximum absolute atomic E-state index is 12.4. The average Bonchev–Trinajstić information content (AvgIpc) is 2.21. The molecule has 2 aromatic rings. The zero-order valence-electron chi connectivity index (χ0n) is 4.73. The Balaban J connectivity index is 2.83. The third-order valence-electron chi connectivity index (χ3n) is 1.15. The van der Waals surface area contributed by atoms with Gasteiger partial charge in [-0.05, 0) is 0 Å². The normalized spacial score (nSPS) is 11.0. The highest BCUT2D eigenvalue weighted by molar-refractivity contribution is 7.26. The molecule has 2 heterocycles. The first-order valence-corrected chi connectivity index (χ1v) is 4.23. The Morgan fingerprint density at radius 3 is 1.70 bits per heavy atom. The van der Waals surface area contributed by atoms with Crippen LogP contribution in [0.25, 0.3) is 9.40 Å². The van der Waals surface area contributed by atoms with Gasteiger partial charge in [-0.2, -0.15) is 8.78 Å². The number of thiophene rings is 2. The van der Waals surface area contributed by atoms with E-state index in [-0.39, 0.29) is 10.3 Å². The zero-order chi connectivity index (χ0) is 7.14. The van der Waals surface area contributed by atoms with Crippen LogP contribution in [0, 0.1) is 10.3 Å². The summed E-state index contributed by atoms with van der Waals surface area (Å²) in [5.41, 5.74) is 0. The first-order valence-electron chi connectivity index (χ1n) is 2.60. The van der Waals surface area contributed by atoms with Crippen molar-refractivity contribution in [3.8, 4) is 0 Å². The largest absolute Gasteiger partial charge is 0.195 e. The molecule has 2 aromatic heterocycles. The molecule has 52 valence electrons. The molecular formula is C6H2F2S2. The van der Waals surface area contributed by atoms with Gasteiger partial charge in [0.1, 0.15) is 0 Å². The number of fused-ring (bicyclic) bond motifs is 1. The van der Waals surface area contributed by atoms with Gasteiger partial charge in [0, 0.05) is 12.1 Å². The molecule has 2 rings (SSSR count). The molecule has 0 N–H and O–H groups in total. The van der Waals surface area contributed by atoms with Crippen molar-refractivity contribution in [2.75, 3.05) is 0 Å². The van der Waals surface area contributed by atoms with E-state index < -0.39 is 0 Å². The Hall–Kier alpha value is -0.480. The second kappa shape index (κ2) is 2.00. The highest BCUT2D eigenvalue weighted by Gasteiger charge is 2.04. The summed E-state index contributed by atoms with van der Waals surface area (Å²) >= 11 is 1.95. The quantitative estimate of drug-likeness (QED) is 0.578. The molecule has 0 amide bonds. The van der Waals surface area contributed by atoms with E-state index >= 15 is 0 Å². The summed E-state index contributed by atoms with van der Waals surface area (Å²) in [4.78, 5) is 0. The first kappa shape index (κ1) is 6.24. The van der Waals surface area contributed by atoms with Crippen molar-refractivity contribution < 1.29 is 8.78 Å². The predicted molar refractivity (Wildman–Crippen MR) is 39.6 cm³/mol. The van der Waals surface area contributed by atoms with E-state index in [2.05, 4.69) is 0 Å². The van der Waals surface area contributed by atoms with Crippen LogP contribution in [0.1, 0.15) is 0 Å². The fourth-order valence-electron chi connectivity index (χ4n) is 0.777. The number of hydrogen-bond acceptors (Lipinski definition) is 2. The SMILES string of the molecule is Fc1cc2sc(F)cc2s1. The predicted octanol–water partition coefficient (Wildman–Crippen LogP) is 3.24. The number of halogens is 2. The molecule has 0 nitrogen and oxygen atoms in total. The van der Waals surface area contributed by atoms with Crippen molar-refractivity contribution in [1.82, 2.24) is 0 Å². The van der Waals surface area contributed by atoms with Crippen LogP contribution in [-0.2, 0) is 0 Å². The maximum atomic E-state index is 12.4. The van der Waals surface area contributed by atoms with E-state index in [9.17, 15) is 8.78 Å². The lowest BCUT2D eigenvalue weighted by Gasteiger charge is -1.69. The molecule has 0 fully saturated rings. The van der Waals surface area contributed by atoms with Crippen molar-refractivity contribution in [3.63, 3.8) is 0 Å². The lowest BCUT2D eigenvalue weighted by Crippen LogP contribution is -1.50. The number of rotatable bonds is 0. The van der Waals surface area contributed by atoms with Gasteiger partial charge in [0.05, 0.1) is 9.40 Å². The third-order valence-corrected chi connectivity index (χ3v) is 3.02. The Bertz CT molecular complexity index is 298. The van der Waals surface area contributed by atoms with Crippen LogP contribution in [0.4, 0.5) is 8.78 Å². The summed E-state index contributed by atoms with van der Waals surface area (Å²) in [5, 5.41) is -0.498. The van der Waals surface area contributed by atoms with Crippen LogP contribution in [0.5, 0.6) is 0 Å². The molecule has 0 saturated carbocycles. The van der Waals surface area contributed by atoms with E-state index in [1.165, 1.54) is 12.1 Å². The summed E-state index contributed by atoms with van der Waals surface area (Å²) < 4.78 is 26.2. The minimum atomic E-state index is -0.249. The van der Waals surface area contributed by atoms with E-state index in [0.29, 0.717) is 9.40 Å². The zero-order valence-corrected chi connectivity index (χ0v) is 6.36. The molecule has 0 unspecified atom stereocenters. The van der Waals surface area contributed by atoms with Crippen molar-refractivity contribution in [2.45, 2.75) is 0 Å². The van der Waals surface area contributed by atoms with Gasteiger partial charge in [0.15, 0.2) is 10.3 Å². The first-order chi connectivity index (χ1) is 4.75. The monoisotopic (exact) mass is 176 g/mol. The minimum Gasteiger partial charge on any atom is -0.195 e. The Morgan fingerprint density at radius 2 is 1.30 bits per heavy atom. The van der Waals surface area contributed by atoms with Crippen molar-refractivity contribution in [3.05, 3.63) is 22.4 Å². The van der Waals surface area contributed by atoms with Crippen LogP contribution >= 0.6 is 22.7 Å². The molecule has 0 spiro atoms. The lowest BCUT2D eigenvalue weighted by atomic mass is 10.5. The fraction of sp³-hybridized carbons (Fsp3) is 0. The van der Waals surface area contributed by atoms with Gasteiger partial charge in [0.25, 0.3) is 0 Å². The smallest absolute Gasteiger partial charge is 0.178 e. The summed E-state index contributed by atoms with van der Waals surface area (Å²) in [6, 6.07) is 2.71. The molecular weight excluding hydrogens is 174 g/mol. The lowest BCUT2D eigenvalue weighted by molar-refractivity contribution is 0.657. The molecule has 10 heavy (non-hydrogen) atoms. The Labute approximate surface area is 63.7 Å². The molecule has 0 bridgehead atoms. The molecule has 0 aliphatic carbocycles. The summed E-state index contributed by atoms with van der Waals surface area (Å²) in [6.07, 6.45) is 0. The second-order valence-electron chi connectivity index (χ2n) is 1.83. The van der Waals surface area contributed by atoms with Crippen molar-refractivity contribution in [1.29, 1.82) is 0 Å². The molecule has 0 atom stereocenters. The fourth-order valence-corrected chi connectivity index (χ4v) is 2.59. The topological polar surface area (TPSA) is 0 Å². The Kier molecular flexibility index (Phi) is 1.25. The van der Waals surface area contributed by atoms with Gasteiger partial charge in [0.2, 0.25) is 0 Å². The third kappa shape index (κ3) is 0.839. The van der Waals surface area contributed by atoms with Crippen molar-refractivity contribution in [2.24, 2.45) is 0 Å². The Morgan fingerprint density at radius 1 is 0.900 bits per heavy atom. The molecule has 0 saturated heterocycles. The standard InChI is InChI=1S/C6H2F2S2/c7-5-1-3-4(10-5)2-6(8)9-3/h1-2H. The number of hydrogen-bond donors (Lipinski definition) is 0. The van der Waals surface area contributed by atoms with E-state index in [4.69, 9.17) is 0 Å². The van der Waals surface area contributed by atoms with Crippen molar-refractivity contribution >= 4 is 32.1 Å². The summed E-state index contributed by atoms with van der Waals surface area (Å²) in [5.74, 6) is 0. The summed E-state index contributed by atoms with van der Waals surface area (Å²) in [7, 11) is 0. The van der Waals surface area contributed by atoms with Gasteiger partial charge >= 0.3 is 0 Å². The molecule has 0 radical (unpaired) electrons. The van der Waals surface area contributed by atoms with Crippen LogP contribution in [-0.4, -0.2) is 0 Å². The van der Waals surface area contributed by atoms with Crippen LogP contribution in [0.15, 0.2) is 12.1 Å². The van der Waals surface area contributed by atoms with Gasteiger partial charge in [-0.25, -0.2) is 0 Å². The van der Waals surface area contributed by atoms with Gasteiger partial charge in [-0.3, -0.25) is 0 Å². The van der Waals surface area contributed by atoms with Gasteiger partial charge in [-0.15, -0.1) is 22.7 Å². The highest BCUT2D eigenvalue weighted by atomic mass is 32.1. The molecule has 0 aromatic carbocycles. The van der Waals surface area contributed by atoms with Gasteiger partial charge in [-0.1, -0.05) is 0 Å². The van der Waals surface area contributed by atoms with Gasteiger partial charge < -0.3 is 0 Å². The van der Waals surface area contributed by atoms with Crippen LogP contribution in [0.2, 0.25) is 0 Å². The molecule has 0 aliphatic heterocycles. The minimum absolute atomic E-state index is 0.249. The maximum Gasteiger partial charge on any atom is 0.178 e. The van der Waals surface area contributed by atoms with E-state index in [1.54, 1.807) is 0 Å². The van der Waals surface area contributed by atoms with E-state index in [0.717, 1.165) is 22.7 Å². The molecule has 4 heteroatoms. The van der Waals surface area contributed by atoms with Crippen LogP contribution < -0.4 is 0 Å². The second-order valence-corrected chi connectivity index (χ2v) is 3.90. The molecule has 0 aliphatic rings. The average molecular weight is 176 g/mol. The highest BCUT2D eigenvalue weighted by Crippen LogP contribution is 2.30. The van der Waals surface area contributed by atoms with E-state index in [1.807, 2.05) is 0 Å². The van der Waals surface area contributed by atoms with Crippen LogP contribution in [0.3, 0.4) is 0 Å².